The van der Waals surface area contributed by atoms with Crippen molar-refractivity contribution in [3.63, 3.8) is 0 Å². The quantitative estimate of drug-likeness (QED) is 0.762. The van der Waals surface area contributed by atoms with E-state index in [1.807, 2.05) is 0 Å². The van der Waals surface area contributed by atoms with E-state index >= 15 is 0 Å². The van der Waals surface area contributed by atoms with Crippen molar-refractivity contribution in [1.29, 1.82) is 0 Å². The van der Waals surface area contributed by atoms with Crippen LogP contribution in [0.3, 0.4) is 0 Å². The molecule has 3 nitrogen and oxygen atoms in total. The van der Waals surface area contributed by atoms with Gasteiger partial charge in [-0.1, -0.05) is 12.1 Å². The Bertz CT molecular complexity index is 304. The summed E-state index contributed by atoms with van der Waals surface area (Å²) in [5.74, 6) is 0. The molecule has 0 radical (unpaired) electrons. The summed E-state index contributed by atoms with van der Waals surface area (Å²) in [6.45, 7) is 7.13. The molecule has 1 atom stereocenters. The lowest BCUT2D eigenvalue weighted by Gasteiger charge is -2.21. The first kappa shape index (κ1) is 14.0. The fourth-order valence-electron chi connectivity index (χ4n) is 2.03. The van der Waals surface area contributed by atoms with Gasteiger partial charge in [0.1, 0.15) is 0 Å². The van der Waals surface area contributed by atoms with Crippen molar-refractivity contribution < 1.29 is 0 Å². The van der Waals surface area contributed by atoms with Crippen molar-refractivity contribution in [2.24, 2.45) is 11.5 Å². The molecule has 17 heavy (non-hydrogen) atoms. The molecule has 0 unspecified atom stereocenters. The lowest BCUT2D eigenvalue weighted by molar-refractivity contribution is 0.618. The van der Waals surface area contributed by atoms with E-state index in [1.54, 1.807) is 0 Å². The van der Waals surface area contributed by atoms with Crippen LogP contribution in [0.5, 0.6) is 0 Å². The number of nitrogens with zero attached hydrogens (tertiary/aromatic N) is 1. The molecule has 0 heterocycles. The normalized spacial score (nSPS) is 12.5. The van der Waals surface area contributed by atoms with Crippen LogP contribution in [0.4, 0.5) is 5.69 Å². The van der Waals surface area contributed by atoms with Gasteiger partial charge in [0.15, 0.2) is 0 Å². The number of hydrogen-bond acceptors (Lipinski definition) is 3. The van der Waals surface area contributed by atoms with Crippen LogP contribution in [0.2, 0.25) is 0 Å². The van der Waals surface area contributed by atoms with Crippen molar-refractivity contribution in [3.8, 4) is 0 Å². The molecule has 0 aliphatic carbocycles. The Morgan fingerprint density at radius 2 is 1.71 bits per heavy atom. The van der Waals surface area contributed by atoms with E-state index in [0.717, 1.165) is 25.9 Å². The largest absolute Gasteiger partial charge is 0.372 e. The van der Waals surface area contributed by atoms with Crippen LogP contribution in [0.25, 0.3) is 0 Å². The van der Waals surface area contributed by atoms with Gasteiger partial charge in [0.2, 0.25) is 0 Å². The maximum absolute atomic E-state index is 6.10. The molecule has 0 fully saturated rings. The number of benzene rings is 1. The molecule has 1 aromatic carbocycles. The number of hydrogen-bond donors (Lipinski definition) is 2. The van der Waals surface area contributed by atoms with Gasteiger partial charge in [-0.05, 0) is 50.9 Å². The Balaban J connectivity index is 2.66. The Morgan fingerprint density at radius 3 is 2.18 bits per heavy atom. The summed E-state index contributed by atoms with van der Waals surface area (Å²) in [5, 5.41) is 0. The lowest BCUT2D eigenvalue weighted by Crippen LogP contribution is -2.21. The smallest absolute Gasteiger partial charge is 0.0366 e. The first-order chi connectivity index (χ1) is 8.22. The van der Waals surface area contributed by atoms with Crippen LogP contribution in [0.1, 0.15) is 38.3 Å². The van der Waals surface area contributed by atoms with Crippen molar-refractivity contribution in [3.05, 3.63) is 29.8 Å². The van der Waals surface area contributed by atoms with E-state index in [2.05, 4.69) is 43.0 Å². The molecule has 4 N–H and O–H groups in total. The van der Waals surface area contributed by atoms with Crippen LogP contribution in [0.15, 0.2) is 24.3 Å². The van der Waals surface area contributed by atoms with Crippen LogP contribution >= 0.6 is 0 Å². The van der Waals surface area contributed by atoms with Gasteiger partial charge in [-0.2, -0.15) is 0 Å². The molecule has 0 spiro atoms. The Hall–Kier alpha value is -1.06. The molecule has 0 aliphatic heterocycles. The van der Waals surface area contributed by atoms with Crippen LogP contribution < -0.4 is 16.4 Å². The van der Waals surface area contributed by atoms with Crippen LogP contribution in [0, 0.1) is 0 Å². The fraction of sp³-hybridized carbons (Fsp3) is 0.571. The second kappa shape index (κ2) is 7.30. The summed E-state index contributed by atoms with van der Waals surface area (Å²) < 4.78 is 0. The summed E-state index contributed by atoms with van der Waals surface area (Å²) in [7, 11) is 0. The summed E-state index contributed by atoms with van der Waals surface area (Å²) in [6, 6.07) is 8.70. The van der Waals surface area contributed by atoms with Gasteiger partial charge in [0, 0.05) is 24.8 Å². The summed E-state index contributed by atoms with van der Waals surface area (Å²) in [6.07, 6.45) is 1.94. The molecule has 0 saturated carbocycles. The topological polar surface area (TPSA) is 55.3 Å². The van der Waals surface area contributed by atoms with E-state index in [4.69, 9.17) is 11.5 Å². The summed E-state index contributed by atoms with van der Waals surface area (Å²) >= 11 is 0. The minimum Gasteiger partial charge on any atom is -0.372 e. The number of rotatable bonds is 7. The minimum atomic E-state index is 0.115. The molecule has 0 aliphatic rings. The molecule has 0 aromatic heterocycles. The zero-order chi connectivity index (χ0) is 12.7. The maximum Gasteiger partial charge on any atom is 0.0366 e. The van der Waals surface area contributed by atoms with Crippen molar-refractivity contribution in [1.82, 2.24) is 0 Å². The first-order valence-corrected chi connectivity index (χ1v) is 6.53. The molecule has 0 bridgehead atoms. The molecule has 96 valence electrons. The Morgan fingerprint density at radius 1 is 1.12 bits per heavy atom. The highest BCUT2D eigenvalue weighted by Gasteiger charge is 2.06. The highest BCUT2D eigenvalue weighted by Crippen LogP contribution is 2.20. The van der Waals surface area contributed by atoms with Crippen molar-refractivity contribution in [2.45, 2.75) is 32.7 Å². The summed E-state index contributed by atoms with van der Waals surface area (Å²) in [4.78, 5) is 2.33. The van der Waals surface area contributed by atoms with Gasteiger partial charge in [-0.15, -0.1) is 0 Å². The predicted molar refractivity (Wildman–Crippen MR) is 75.2 cm³/mol. The van der Waals surface area contributed by atoms with E-state index < -0.39 is 0 Å². The number of nitrogens with two attached hydrogens (primary N) is 2. The minimum absolute atomic E-state index is 0.115. The van der Waals surface area contributed by atoms with E-state index in [1.165, 1.54) is 11.3 Å². The van der Waals surface area contributed by atoms with Gasteiger partial charge in [-0.3, -0.25) is 0 Å². The average Bonchev–Trinajstić information content (AvgIpc) is 2.38. The van der Waals surface area contributed by atoms with Gasteiger partial charge in [0.25, 0.3) is 0 Å². The van der Waals surface area contributed by atoms with Gasteiger partial charge >= 0.3 is 0 Å². The molecular weight excluding hydrogens is 210 g/mol. The van der Waals surface area contributed by atoms with Crippen molar-refractivity contribution in [2.75, 3.05) is 24.5 Å². The zero-order valence-electron chi connectivity index (χ0n) is 11.0. The molecular formula is C14H25N3. The zero-order valence-corrected chi connectivity index (χ0v) is 11.0. The second-order valence-corrected chi connectivity index (χ2v) is 4.30. The molecule has 0 saturated heterocycles. The molecule has 1 aromatic rings. The Labute approximate surface area is 105 Å². The SMILES string of the molecule is CCN(CC)c1ccc([C@@H](N)CCCN)cc1. The lowest BCUT2D eigenvalue weighted by atomic mass is 10.0. The second-order valence-electron chi connectivity index (χ2n) is 4.30. The fourth-order valence-corrected chi connectivity index (χ4v) is 2.03. The van der Waals surface area contributed by atoms with Gasteiger partial charge in [0.05, 0.1) is 0 Å². The Kier molecular flexibility index (Phi) is 6.01. The first-order valence-electron chi connectivity index (χ1n) is 6.53. The monoisotopic (exact) mass is 235 g/mol. The van der Waals surface area contributed by atoms with Crippen LogP contribution in [-0.2, 0) is 0 Å². The standard InChI is InChI=1S/C14H25N3/c1-3-17(4-2)13-9-7-12(8-10-13)14(16)6-5-11-15/h7-10,14H,3-6,11,15-16H2,1-2H3/t14-/m0/s1. The van der Waals surface area contributed by atoms with E-state index in [-0.39, 0.29) is 6.04 Å². The maximum atomic E-state index is 6.10. The highest BCUT2D eigenvalue weighted by atomic mass is 15.1. The third-order valence-corrected chi connectivity index (χ3v) is 3.17. The third kappa shape index (κ3) is 4.02. The summed E-state index contributed by atoms with van der Waals surface area (Å²) in [5.41, 5.74) is 14.1. The third-order valence-electron chi connectivity index (χ3n) is 3.17. The highest BCUT2D eigenvalue weighted by molar-refractivity contribution is 5.47. The molecule has 3 heteroatoms. The average molecular weight is 235 g/mol. The number of anilines is 1. The van der Waals surface area contributed by atoms with Gasteiger partial charge < -0.3 is 16.4 Å². The van der Waals surface area contributed by atoms with Crippen LogP contribution in [-0.4, -0.2) is 19.6 Å². The molecule has 0 amide bonds. The van der Waals surface area contributed by atoms with Gasteiger partial charge in [-0.25, -0.2) is 0 Å². The predicted octanol–water partition coefficient (Wildman–Crippen LogP) is 2.27. The van der Waals surface area contributed by atoms with Crippen molar-refractivity contribution >= 4 is 5.69 Å². The van der Waals surface area contributed by atoms with E-state index in [0.29, 0.717) is 6.54 Å². The van der Waals surface area contributed by atoms with E-state index in [9.17, 15) is 0 Å². The molecule has 1 rings (SSSR count).